The molecule has 0 spiro atoms. The zero-order chi connectivity index (χ0) is 17.8. The van der Waals surface area contributed by atoms with Crippen LogP contribution in [0.4, 0.5) is 8.78 Å². The lowest BCUT2D eigenvalue weighted by molar-refractivity contribution is -0.129. The van der Waals surface area contributed by atoms with Gasteiger partial charge in [-0.25, -0.2) is 8.78 Å². The molecule has 130 valence electrons. The van der Waals surface area contributed by atoms with Gasteiger partial charge in [0.05, 0.1) is 5.92 Å². The van der Waals surface area contributed by atoms with Gasteiger partial charge in [0, 0.05) is 31.6 Å². The number of hydrogen-bond acceptors (Lipinski definition) is 2. The van der Waals surface area contributed by atoms with Crippen LogP contribution in [0.15, 0.2) is 48.5 Å². The van der Waals surface area contributed by atoms with Gasteiger partial charge in [-0.15, -0.1) is 0 Å². The van der Waals surface area contributed by atoms with E-state index < -0.39 is 5.92 Å². The molecule has 1 heterocycles. The number of hydrogen-bond donors (Lipinski definition) is 1. The minimum absolute atomic E-state index is 0.115. The molecule has 0 aromatic heterocycles. The molecule has 1 saturated heterocycles. The highest BCUT2D eigenvalue weighted by molar-refractivity contribution is 5.89. The van der Waals surface area contributed by atoms with Crippen molar-refractivity contribution < 1.29 is 18.4 Å². The van der Waals surface area contributed by atoms with E-state index in [2.05, 4.69) is 5.32 Å². The molecule has 0 saturated carbocycles. The van der Waals surface area contributed by atoms with E-state index in [9.17, 15) is 18.4 Å². The summed E-state index contributed by atoms with van der Waals surface area (Å²) in [7, 11) is 0. The van der Waals surface area contributed by atoms with Crippen molar-refractivity contribution in [1.29, 1.82) is 0 Å². The summed E-state index contributed by atoms with van der Waals surface area (Å²) in [5, 5.41) is 2.76. The molecule has 25 heavy (non-hydrogen) atoms. The Morgan fingerprint density at radius 2 is 1.84 bits per heavy atom. The Hall–Kier alpha value is -2.76. The van der Waals surface area contributed by atoms with Crippen LogP contribution in [0, 0.1) is 17.6 Å². The summed E-state index contributed by atoms with van der Waals surface area (Å²) >= 11 is 0. The zero-order valence-electron chi connectivity index (χ0n) is 13.5. The normalized spacial score (nSPS) is 17.0. The van der Waals surface area contributed by atoms with Crippen LogP contribution in [-0.4, -0.2) is 23.3 Å². The van der Waals surface area contributed by atoms with Gasteiger partial charge in [-0.05, 0) is 23.8 Å². The van der Waals surface area contributed by atoms with Gasteiger partial charge in [0.1, 0.15) is 11.6 Å². The van der Waals surface area contributed by atoms with Crippen molar-refractivity contribution in [2.24, 2.45) is 5.92 Å². The highest BCUT2D eigenvalue weighted by Gasteiger charge is 2.34. The van der Waals surface area contributed by atoms with Crippen molar-refractivity contribution in [2.75, 3.05) is 6.54 Å². The van der Waals surface area contributed by atoms with Crippen LogP contribution < -0.4 is 5.32 Å². The molecule has 2 amide bonds. The van der Waals surface area contributed by atoms with Crippen LogP contribution >= 0.6 is 0 Å². The summed E-state index contributed by atoms with van der Waals surface area (Å²) in [4.78, 5) is 25.9. The largest absolute Gasteiger partial charge is 0.352 e. The summed E-state index contributed by atoms with van der Waals surface area (Å²) in [5.41, 5.74) is 1.21. The van der Waals surface area contributed by atoms with Crippen LogP contribution in [0.1, 0.15) is 17.5 Å². The molecular weight excluding hydrogens is 326 g/mol. The minimum atomic E-state index is -0.459. The maximum absolute atomic E-state index is 13.7. The summed E-state index contributed by atoms with van der Waals surface area (Å²) in [5.74, 6) is -1.54. The highest BCUT2D eigenvalue weighted by Crippen LogP contribution is 2.21. The molecule has 1 aliphatic rings. The average Bonchev–Trinajstić information content (AvgIpc) is 2.97. The number of carbonyl (C=O) groups excluding carboxylic acids is 2. The number of halogens is 2. The Labute approximate surface area is 144 Å². The smallest absolute Gasteiger partial charge is 0.225 e. The topological polar surface area (TPSA) is 49.4 Å². The predicted molar refractivity (Wildman–Crippen MR) is 88.2 cm³/mol. The number of amides is 2. The number of benzene rings is 2. The molecule has 6 heteroatoms. The van der Waals surface area contributed by atoms with Crippen molar-refractivity contribution in [3.8, 4) is 0 Å². The van der Waals surface area contributed by atoms with Gasteiger partial charge in [-0.3, -0.25) is 9.59 Å². The zero-order valence-corrected chi connectivity index (χ0v) is 13.5. The number of nitrogens with one attached hydrogen (secondary N) is 1. The summed E-state index contributed by atoms with van der Waals surface area (Å²) in [6, 6.07) is 12.1. The third-order valence-electron chi connectivity index (χ3n) is 4.28. The first kappa shape index (κ1) is 17.1. The second-order valence-electron chi connectivity index (χ2n) is 6.11. The maximum Gasteiger partial charge on any atom is 0.225 e. The second-order valence-corrected chi connectivity index (χ2v) is 6.11. The monoisotopic (exact) mass is 344 g/mol. The van der Waals surface area contributed by atoms with Gasteiger partial charge < -0.3 is 10.2 Å². The molecule has 2 aromatic carbocycles. The fourth-order valence-corrected chi connectivity index (χ4v) is 2.87. The third kappa shape index (κ3) is 4.21. The molecule has 2 aromatic rings. The maximum atomic E-state index is 13.7. The molecule has 0 aliphatic carbocycles. The number of likely N-dealkylation sites (tertiary alicyclic amines) is 1. The quantitative estimate of drug-likeness (QED) is 0.906. The van der Waals surface area contributed by atoms with E-state index in [4.69, 9.17) is 0 Å². The Balaban J connectivity index is 1.55. The van der Waals surface area contributed by atoms with E-state index in [1.54, 1.807) is 30.3 Å². The Morgan fingerprint density at radius 1 is 1.12 bits per heavy atom. The van der Waals surface area contributed by atoms with Crippen molar-refractivity contribution in [1.82, 2.24) is 10.2 Å². The van der Waals surface area contributed by atoms with E-state index in [1.165, 1.54) is 23.1 Å². The van der Waals surface area contributed by atoms with E-state index in [0.29, 0.717) is 5.56 Å². The minimum Gasteiger partial charge on any atom is -0.352 e. The van der Waals surface area contributed by atoms with Crippen LogP contribution in [-0.2, 0) is 22.7 Å². The van der Waals surface area contributed by atoms with Gasteiger partial charge in [-0.2, -0.15) is 0 Å². The summed E-state index contributed by atoms with van der Waals surface area (Å²) < 4.78 is 26.6. The summed E-state index contributed by atoms with van der Waals surface area (Å²) in [6.07, 6.45) is 0.115. The Bertz CT molecular complexity index is 777. The van der Waals surface area contributed by atoms with Gasteiger partial charge >= 0.3 is 0 Å². The van der Waals surface area contributed by atoms with E-state index >= 15 is 0 Å². The van der Waals surface area contributed by atoms with Crippen LogP contribution in [0.2, 0.25) is 0 Å². The molecule has 1 fully saturated rings. The lowest BCUT2D eigenvalue weighted by atomic mass is 10.1. The first-order valence-corrected chi connectivity index (χ1v) is 8.06. The lowest BCUT2D eigenvalue weighted by Crippen LogP contribution is -2.32. The number of carbonyl (C=O) groups is 2. The van der Waals surface area contributed by atoms with Crippen LogP contribution in [0.3, 0.4) is 0 Å². The number of rotatable bonds is 5. The van der Waals surface area contributed by atoms with Crippen molar-refractivity contribution in [3.63, 3.8) is 0 Å². The first-order chi connectivity index (χ1) is 12.0. The molecule has 1 aliphatic heterocycles. The number of nitrogens with zero attached hydrogens (tertiary/aromatic N) is 1. The Morgan fingerprint density at radius 3 is 2.56 bits per heavy atom. The van der Waals surface area contributed by atoms with E-state index in [1.807, 2.05) is 0 Å². The van der Waals surface area contributed by atoms with Gasteiger partial charge in [0.25, 0.3) is 0 Å². The molecule has 1 atom stereocenters. The standard InChI is InChI=1S/C19H18F2N2O2/c20-16-7-5-13(6-8-16)10-22-19(25)15-9-18(24)23(12-15)11-14-3-1-2-4-17(14)21/h1-8,15H,9-12H2,(H,22,25)/t15-/m0/s1. The highest BCUT2D eigenvalue weighted by atomic mass is 19.1. The molecule has 0 radical (unpaired) electrons. The second kappa shape index (κ2) is 7.42. The van der Waals surface area contributed by atoms with E-state index in [-0.39, 0.29) is 49.5 Å². The predicted octanol–water partition coefficient (Wildman–Crippen LogP) is 2.63. The molecule has 3 rings (SSSR count). The third-order valence-corrected chi connectivity index (χ3v) is 4.28. The fourth-order valence-electron chi connectivity index (χ4n) is 2.87. The Kier molecular flexibility index (Phi) is 5.07. The summed E-state index contributed by atoms with van der Waals surface area (Å²) in [6.45, 7) is 0.701. The van der Waals surface area contributed by atoms with Crippen LogP contribution in [0.25, 0.3) is 0 Å². The van der Waals surface area contributed by atoms with Crippen molar-refractivity contribution in [2.45, 2.75) is 19.5 Å². The molecule has 1 N–H and O–H groups in total. The SMILES string of the molecule is O=C(NCc1ccc(F)cc1)[C@H]1CC(=O)N(Cc2ccccc2F)C1. The van der Waals surface area contributed by atoms with Gasteiger partial charge in [-0.1, -0.05) is 30.3 Å². The van der Waals surface area contributed by atoms with Crippen molar-refractivity contribution >= 4 is 11.8 Å². The lowest BCUT2D eigenvalue weighted by Gasteiger charge is -2.17. The molecule has 4 nitrogen and oxygen atoms in total. The van der Waals surface area contributed by atoms with Gasteiger partial charge in [0.15, 0.2) is 0 Å². The van der Waals surface area contributed by atoms with Crippen molar-refractivity contribution in [3.05, 3.63) is 71.3 Å². The molecular formula is C19H18F2N2O2. The first-order valence-electron chi connectivity index (χ1n) is 8.06. The van der Waals surface area contributed by atoms with E-state index in [0.717, 1.165) is 5.56 Å². The average molecular weight is 344 g/mol. The molecule has 0 bridgehead atoms. The van der Waals surface area contributed by atoms with Gasteiger partial charge in [0.2, 0.25) is 11.8 Å². The fraction of sp³-hybridized carbons (Fsp3) is 0.263. The molecule has 0 unspecified atom stereocenters. The van der Waals surface area contributed by atoms with Crippen LogP contribution in [0.5, 0.6) is 0 Å².